The molecule has 0 amide bonds. The van der Waals surface area contributed by atoms with Crippen molar-refractivity contribution in [2.75, 3.05) is 59.7 Å². The first kappa shape index (κ1) is 22.4. The van der Waals surface area contributed by atoms with Crippen molar-refractivity contribution in [2.45, 2.75) is 64.2 Å². The largest absolute Gasteiger partial charge is 0.381 e. The zero-order chi connectivity index (χ0) is 19.3. The maximum Gasteiger partial charge on any atom is 0.191 e. The van der Waals surface area contributed by atoms with Gasteiger partial charge in [-0.3, -0.25) is 4.99 Å². The molecule has 2 fully saturated rings. The minimum absolute atomic E-state index is 0.320. The molecule has 7 nitrogen and oxygen atoms in total. The highest BCUT2D eigenvalue weighted by Crippen LogP contribution is 2.11. The lowest BCUT2D eigenvalue weighted by Gasteiger charge is -2.33. The zero-order valence-electron chi connectivity index (χ0n) is 17.5. The smallest absolute Gasteiger partial charge is 0.191 e. The second-order valence-electron chi connectivity index (χ2n) is 7.71. The Morgan fingerprint density at radius 3 is 2.56 bits per heavy atom. The van der Waals surface area contributed by atoms with E-state index in [9.17, 15) is 0 Å². The zero-order valence-corrected chi connectivity index (χ0v) is 17.5. The van der Waals surface area contributed by atoms with E-state index in [4.69, 9.17) is 14.2 Å². The lowest BCUT2D eigenvalue weighted by Crippen LogP contribution is -2.49. The predicted octanol–water partition coefficient (Wildman–Crippen LogP) is 1.63. The summed E-state index contributed by atoms with van der Waals surface area (Å²) >= 11 is 0. The van der Waals surface area contributed by atoms with Gasteiger partial charge in [-0.15, -0.1) is 0 Å². The molecule has 158 valence electrons. The summed E-state index contributed by atoms with van der Waals surface area (Å²) in [6, 6.07) is 0.497. The number of piperidine rings is 1. The Kier molecular flexibility index (Phi) is 11.0. The van der Waals surface area contributed by atoms with Crippen LogP contribution in [0.15, 0.2) is 4.99 Å². The summed E-state index contributed by atoms with van der Waals surface area (Å²) in [7, 11) is 1.84. The van der Waals surface area contributed by atoms with Gasteiger partial charge in [-0.05, 0) is 46.0 Å². The van der Waals surface area contributed by atoms with E-state index in [-0.39, 0.29) is 0 Å². The molecular weight excluding hydrogens is 344 g/mol. The van der Waals surface area contributed by atoms with Crippen LogP contribution >= 0.6 is 0 Å². The van der Waals surface area contributed by atoms with Gasteiger partial charge in [0.25, 0.3) is 0 Å². The first-order chi connectivity index (χ1) is 13.2. The average molecular weight is 385 g/mol. The van der Waals surface area contributed by atoms with E-state index in [1.54, 1.807) is 0 Å². The standard InChI is InChI=1S/C20H40N4O3/c1-17(2)26-16-12-24-10-5-18(6-11-24)23-20(21-3)22-9-4-13-27-19-7-14-25-15-8-19/h17-19H,4-16H2,1-3H3,(H2,21,22,23). The number of aliphatic imine (C=N–C) groups is 1. The molecule has 0 atom stereocenters. The van der Waals surface area contributed by atoms with Gasteiger partial charge in [0.15, 0.2) is 5.96 Å². The minimum Gasteiger partial charge on any atom is -0.381 e. The Labute approximate surface area is 165 Å². The van der Waals surface area contributed by atoms with Crippen molar-refractivity contribution in [3.8, 4) is 0 Å². The molecule has 2 rings (SSSR count). The van der Waals surface area contributed by atoms with Gasteiger partial charge in [-0.25, -0.2) is 0 Å². The topological polar surface area (TPSA) is 67.4 Å². The molecule has 2 aliphatic heterocycles. The van der Waals surface area contributed by atoms with Crippen LogP contribution in [-0.4, -0.2) is 88.8 Å². The summed E-state index contributed by atoms with van der Waals surface area (Å²) in [6.45, 7) is 11.6. The van der Waals surface area contributed by atoms with Crippen molar-refractivity contribution in [2.24, 2.45) is 4.99 Å². The first-order valence-electron chi connectivity index (χ1n) is 10.7. The van der Waals surface area contributed by atoms with Gasteiger partial charge in [0, 0.05) is 59.1 Å². The number of ether oxygens (including phenoxy) is 3. The van der Waals surface area contributed by atoms with Crippen LogP contribution in [0.1, 0.15) is 46.0 Å². The summed E-state index contributed by atoms with van der Waals surface area (Å²) < 4.78 is 16.9. The van der Waals surface area contributed by atoms with Crippen LogP contribution in [0, 0.1) is 0 Å². The Hall–Kier alpha value is -0.890. The fourth-order valence-electron chi connectivity index (χ4n) is 3.48. The van der Waals surface area contributed by atoms with Gasteiger partial charge < -0.3 is 29.7 Å². The average Bonchev–Trinajstić information content (AvgIpc) is 2.68. The predicted molar refractivity (Wildman–Crippen MR) is 109 cm³/mol. The van der Waals surface area contributed by atoms with Crippen LogP contribution in [0.2, 0.25) is 0 Å². The van der Waals surface area contributed by atoms with Gasteiger partial charge >= 0.3 is 0 Å². The van der Waals surface area contributed by atoms with E-state index >= 15 is 0 Å². The van der Waals surface area contributed by atoms with Gasteiger partial charge in [0.1, 0.15) is 0 Å². The van der Waals surface area contributed by atoms with Crippen molar-refractivity contribution >= 4 is 5.96 Å². The second kappa shape index (κ2) is 13.3. The molecule has 0 unspecified atom stereocenters. The molecule has 27 heavy (non-hydrogen) atoms. The van der Waals surface area contributed by atoms with E-state index < -0.39 is 0 Å². The molecule has 2 heterocycles. The number of hydrogen-bond acceptors (Lipinski definition) is 5. The minimum atomic E-state index is 0.320. The van der Waals surface area contributed by atoms with Crippen molar-refractivity contribution in [1.82, 2.24) is 15.5 Å². The van der Waals surface area contributed by atoms with Gasteiger partial charge in [0.05, 0.1) is 18.8 Å². The molecule has 0 saturated carbocycles. The molecule has 0 aromatic rings. The number of guanidine groups is 1. The summed E-state index contributed by atoms with van der Waals surface area (Å²) in [5, 5.41) is 6.98. The van der Waals surface area contributed by atoms with Gasteiger partial charge in [-0.1, -0.05) is 0 Å². The quantitative estimate of drug-likeness (QED) is 0.339. The third-order valence-corrected chi connectivity index (χ3v) is 5.15. The summed E-state index contributed by atoms with van der Waals surface area (Å²) in [6.07, 6.45) is 6.04. The van der Waals surface area contributed by atoms with E-state index in [1.807, 2.05) is 7.05 Å². The number of nitrogens with zero attached hydrogens (tertiary/aromatic N) is 2. The molecule has 0 radical (unpaired) electrons. The highest BCUT2D eigenvalue weighted by molar-refractivity contribution is 5.79. The molecular formula is C20H40N4O3. The summed E-state index contributed by atoms with van der Waals surface area (Å²) in [5.74, 6) is 0.905. The summed E-state index contributed by atoms with van der Waals surface area (Å²) in [4.78, 5) is 6.85. The molecule has 0 aromatic heterocycles. The lowest BCUT2D eigenvalue weighted by atomic mass is 10.1. The van der Waals surface area contributed by atoms with E-state index in [0.29, 0.717) is 18.2 Å². The van der Waals surface area contributed by atoms with E-state index in [0.717, 1.165) is 90.7 Å². The van der Waals surface area contributed by atoms with Crippen LogP contribution < -0.4 is 10.6 Å². The van der Waals surface area contributed by atoms with Crippen LogP contribution in [0.4, 0.5) is 0 Å². The maximum absolute atomic E-state index is 5.91. The Balaban J connectivity index is 1.51. The fourth-order valence-corrected chi connectivity index (χ4v) is 3.48. The molecule has 0 bridgehead atoms. The van der Waals surface area contributed by atoms with Crippen LogP contribution in [0.25, 0.3) is 0 Å². The number of nitrogens with one attached hydrogen (secondary N) is 2. The molecule has 0 aliphatic carbocycles. The van der Waals surface area contributed by atoms with Gasteiger partial charge in [0.2, 0.25) is 0 Å². The van der Waals surface area contributed by atoms with E-state index in [1.165, 1.54) is 0 Å². The van der Waals surface area contributed by atoms with E-state index in [2.05, 4.69) is 34.4 Å². The molecule has 2 N–H and O–H groups in total. The van der Waals surface area contributed by atoms with Crippen LogP contribution in [-0.2, 0) is 14.2 Å². The molecule has 7 heteroatoms. The van der Waals surface area contributed by atoms with Crippen molar-refractivity contribution in [3.05, 3.63) is 0 Å². The molecule has 2 aliphatic rings. The lowest BCUT2D eigenvalue weighted by molar-refractivity contribution is -0.0320. The normalized spacial score (nSPS) is 21.0. The highest BCUT2D eigenvalue weighted by Gasteiger charge is 2.19. The number of likely N-dealkylation sites (tertiary alicyclic amines) is 1. The number of hydrogen-bond donors (Lipinski definition) is 2. The first-order valence-corrected chi connectivity index (χ1v) is 10.7. The molecule has 0 spiro atoms. The Bertz CT molecular complexity index is 406. The Morgan fingerprint density at radius 1 is 1.15 bits per heavy atom. The van der Waals surface area contributed by atoms with Crippen molar-refractivity contribution in [1.29, 1.82) is 0 Å². The van der Waals surface area contributed by atoms with Crippen LogP contribution in [0.5, 0.6) is 0 Å². The summed E-state index contributed by atoms with van der Waals surface area (Å²) in [5.41, 5.74) is 0. The third kappa shape index (κ3) is 9.74. The molecule has 2 saturated heterocycles. The Morgan fingerprint density at radius 2 is 1.89 bits per heavy atom. The second-order valence-corrected chi connectivity index (χ2v) is 7.71. The van der Waals surface area contributed by atoms with Crippen LogP contribution in [0.3, 0.4) is 0 Å². The maximum atomic E-state index is 5.91. The van der Waals surface area contributed by atoms with Crippen molar-refractivity contribution < 1.29 is 14.2 Å². The SMILES string of the molecule is CN=C(NCCCOC1CCOCC1)NC1CCN(CCOC(C)C)CC1. The molecule has 0 aromatic carbocycles. The highest BCUT2D eigenvalue weighted by atomic mass is 16.5. The van der Waals surface area contributed by atoms with Gasteiger partial charge in [-0.2, -0.15) is 0 Å². The number of rotatable bonds is 10. The van der Waals surface area contributed by atoms with Crippen molar-refractivity contribution in [3.63, 3.8) is 0 Å². The third-order valence-electron chi connectivity index (χ3n) is 5.15. The monoisotopic (exact) mass is 384 g/mol. The fraction of sp³-hybridized carbons (Fsp3) is 0.950.